The van der Waals surface area contributed by atoms with Gasteiger partial charge in [-0.15, -0.1) is 0 Å². The third-order valence-corrected chi connectivity index (χ3v) is 5.57. The molecule has 0 aliphatic heterocycles. The topological polar surface area (TPSA) is 93.3 Å². The average molecular weight is 465 g/mol. The number of anilines is 1. The fourth-order valence-corrected chi connectivity index (χ4v) is 3.83. The maximum absolute atomic E-state index is 12.7. The van der Waals surface area contributed by atoms with Crippen LogP contribution >= 0.6 is 0 Å². The van der Waals surface area contributed by atoms with Crippen molar-refractivity contribution < 1.29 is 9.59 Å². The average Bonchev–Trinajstić information content (AvgIpc) is 3.48. The maximum Gasteiger partial charge on any atom is 0.255 e. The molecule has 0 unspecified atom stereocenters. The Balaban J connectivity index is 1.17. The molecule has 3 aromatic heterocycles. The second-order valence-corrected chi connectivity index (χ2v) is 8.33. The van der Waals surface area contributed by atoms with E-state index < -0.39 is 0 Å². The van der Waals surface area contributed by atoms with Crippen LogP contribution in [-0.4, -0.2) is 31.0 Å². The molecule has 5 aromatic rings. The van der Waals surface area contributed by atoms with Crippen LogP contribution in [0.25, 0.3) is 5.65 Å². The highest BCUT2D eigenvalue weighted by molar-refractivity contribution is 6.05. The molecule has 0 atom stereocenters. The number of hydrogen-bond acceptors (Lipinski definition) is 4. The predicted octanol–water partition coefficient (Wildman–Crippen LogP) is 4.07. The smallest absolute Gasteiger partial charge is 0.255 e. The Kier molecular flexibility index (Phi) is 6.09. The highest BCUT2D eigenvalue weighted by Crippen LogP contribution is 2.12. The quantitative estimate of drug-likeness (QED) is 0.380. The van der Waals surface area contributed by atoms with Gasteiger partial charge >= 0.3 is 0 Å². The van der Waals surface area contributed by atoms with Gasteiger partial charge in [-0.1, -0.05) is 35.9 Å². The summed E-state index contributed by atoms with van der Waals surface area (Å²) in [5, 5.41) is 10.1. The number of aromatic nitrogens is 4. The first kappa shape index (κ1) is 22.1. The van der Waals surface area contributed by atoms with Gasteiger partial charge in [0, 0.05) is 36.3 Å². The molecule has 35 heavy (non-hydrogen) atoms. The molecule has 0 saturated carbocycles. The van der Waals surface area contributed by atoms with Gasteiger partial charge in [-0.05, 0) is 48.9 Å². The number of hydrogen-bond donors (Lipinski definition) is 2. The van der Waals surface area contributed by atoms with Crippen LogP contribution in [0.2, 0.25) is 0 Å². The number of carbonyl (C=O) groups excluding carboxylic acids is 2. The molecule has 0 saturated heterocycles. The number of pyridine rings is 1. The second-order valence-electron chi connectivity index (χ2n) is 8.33. The fraction of sp³-hybridized carbons (Fsp3) is 0.111. The molecule has 0 aliphatic carbocycles. The molecule has 2 amide bonds. The van der Waals surface area contributed by atoms with Crippen LogP contribution in [0.15, 0.2) is 91.5 Å². The van der Waals surface area contributed by atoms with E-state index in [1.807, 2.05) is 66.2 Å². The molecule has 3 heterocycles. The summed E-state index contributed by atoms with van der Waals surface area (Å²) in [6, 6.07) is 20.4. The van der Waals surface area contributed by atoms with Crippen LogP contribution in [-0.2, 0) is 13.1 Å². The standard InChI is InChI=1S/C27H24N6O2/c1-19-5-4-6-20(13-19)14-28-26(34)21-8-10-22(11-9-21)27(35)31-23-15-29-33(17-23)18-24-16-32-12-3-2-7-25(32)30-24/h2-13,15-17H,14,18H2,1H3,(H,28,34)(H,31,35). The van der Waals surface area contributed by atoms with Crippen molar-refractivity contribution in [1.29, 1.82) is 0 Å². The van der Waals surface area contributed by atoms with Gasteiger partial charge in [0.1, 0.15) is 5.65 Å². The molecule has 0 fully saturated rings. The fourth-order valence-electron chi connectivity index (χ4n) is 3.83. The summed E-state index contributed by atoms with van der Waals surface area (Å²) in [6.45, 7) is 2.95. The molecule has 8 heteroatoms. The van der Waals surface area contributed by atoms with Crippen molar-refractivity contribution in [1.82, 2.24) is 24.5 Å². The Bertz CT molecular complexity index is 1470. The molecule has 0 radical (unpaired) electrons. The van der Waals surface area contributed by atoms with Gasteiger partial charge in [0.2, 0.25) is 0 Å². The highest BCUT2D eigenvalue weighted by atomic mass is 16.2. The molecular formula is C27H24N6O2. The van der Waals surface area contributed by atoms with Gasteiger partial charge in [-0.25, -0.2) is 4.98 Å². The van der Waals surface area contributed by atoms with E-state index in [2.05, 4.69) is 20.7 Å². The van der Waals surface area contributed by atoms with Crippen LogP contribution in [0.4, 0.5) is 5.69 Å². The van der Waals surface area contributed by atoms with E-state index in [9.17, 15) is 9.59 Å². The van der Waals surface area contributed by atoms with Gasteiger partial charge in [0.15, 0.2) is 0 Å². The largest absolute Gasteiger partial charge is 0.348 e. The number of rotatable bonds is 7. The van der Waals surface area contributed by atoms with Crippen LogP contribution in [0.1, 0.15) is 37.5 Å². The summed E-state index contributed by atoms with van der Waals surface area (Å²) >= 11 is 0. The molecule has 8 nitrogen and oxygen atoms in total. The van der Waals surface area contributed by atoms with E-state index in [4.69, 9.17) is 0 Å². The second kappa shape index (κ2) is 9.64. The van der Waals surface area contributed by atoms with Crippen molar-refractivity contribution in [3.8, 4) is 0 Å². The van der Waals surface area contributed by atoms with Gasteiger partial charge in [-0.2, -0.15) is 5.10 Å². The van der Waals surface area contributed by atoms with E-state index in [0.717, 1.165) is 22.5 Å². The normalized spacial score (nSPS) is 10.9. The van der Waals surface area contributed by atoms with E-state index in [1.165, 1.54) is 0 Å². The van der Waals surface area contributed by atoms with Crippen LogP contribution < -0.4 is 10.6 Å². The van der Waals surface area contributed by atoms with Crippen molar-refractivity contribution in [3.63, 3.8) is 0 Å². The minimum absolute atomic E-state index is 0.188. The summed E-state index contributed by atoms with van der Waals surface area (Å²) < 4.78 is 3.67. The van der Waals surface area contributed by atoms with Crippen LogP contribution in [0.3, 0.4) is 0 Å². The maximum atomic E-state index is 12.7. The third-order valence-electron chi connectivity index (χ3n) is 5.57. The number of benzene rings is 2. The van der Waals surface area contributed by atoms with Crippen molar-refractivity contribution >= 4 is 23.1 Å². The third kappa shape index (κ3) is 5.27. The highest BCUT2D eigenvalue weighted by Gasteiger charge is 2.11. The van der Waals surface area contributed by atoms with Gasteiger partial charge in [0.05, 0.1) is 24.1 Å². The first-order valence-electron chi connectivity index (χ1n) is 11.2. The molecule has 0 spiro atoms. The van der Waals surface area contributed by atoms with Crippen molar-refractivity contribution in [2.24, 2.45) is 0 Å². The van der Waals surface area contributed by atoms with Crippen molar-refractivity contribution in [2.75, 3.05) is 5.32 Å². The van der Waals surface area contributed by atoms with Crippen LogP contribution in [0, 0.1) is 6.92 Å². The Hall–Kier alpha value is -4.72. The van der Waals surface area contributed by atoms with Crippen LogP contribution in [0.5, 0.6) is 0 Å². The summed E-state index contributed by atoms with van der Waals surface area (Å²) in [7, 11) is 0. The lowest BCUT2D eigenvalue weighted by molar-refractivity contribution is 0.0949. The first-order chi connectivity index (χ1) is 17.0. The molecule has 0 aliphatic rings. The Morgan fingerprint density at radius 2 is 1.71 bits per heavy atom. The lowest BCUT2D eigenvalue weighted by atomic mass is 10.1. The van der Waals surface area contributed by atoms with Gasteiger partial charge < -0.3 is 15.0 Å². The minimum atomic E-state index is -0.274. The lowest BCUT2D eigenvalue weighted by Gasteiger charge is -2.07. The molecular weight excluding hydrogens is 440 g/mol. The monoisotopic (exact) mass is 464 g/mol. The Morgan fingerprint density at radius 1 is 0.914 bits per heavy atom. The summed E-state index contributed by atoms with van der Waals surface area (Å²) in [4.78, 5) is 29.7. The lowest BCUT2D eigenvalue weighted by Crippen LogP contribution is -2.23. The van der Waals surface area contributed by atoms with Crippen molar-refractivity contribution in [2.45, 2.75) is 20.0 Å². The molecule has 5 rings (SSSR count). The summed E-state index contributed by atoms with van der Waals surface area (Å²) in [5.41, 5.74) is 5.45. The number of nitrogens with one attached hydrogen (secondary N) is 2. The van der Waals surface area contributed by atoms with E-state index in [1.54, 1.807) is 41.3 Å². The first-order valence-corrected chi connectivity index (χ1v) is 11.2. The SMILES string of the molecule is Cc1cccc(CNC(=O)c2ccc(C(=O)Nc3cnn(Cc4cn5ccccc5n4)c3)cc2)c1. The predicted molar refractivity (Wildman–Crippen MR) is 133 cm³/mol. The Morgan fingerprint density at radius 3 is 2.49 bits per heavy atom. The Labute approximate surface area is 202 Å². The number of imidazole rings is 1. The number of aryl methyl sites for hydroxylation is 1. The number of amides is 2. The number of carbonyl (C=O) groups is 2. The zero-order valence-electron chi connectivity index (χ0n) is 19.2. The van der Waals surface area contributed by atoms with E-state index in [-0.39, 0.29) is 11.8 Å². The number of nitrogens with zero attached hydrogens (tertiary/aromatic N) is 4. The van der Waals surface area contributed by atoms with Gasteiger partial charge in [0.25, 0.3) is 11.8 Å². The van der Waals surface area contributed by atoms with Gasteiger partial charge in [-0.3, -0.25) is 14.3 Å². The van der Waals surface area contributed by atoms with E-state index in [0.29, 0.717) is 29.9 Å². The number of fused-ring (bicyclic) bond motifs is 1. The summed E-state index contributed by atoms with van der Waals surface area (Å²) in [6.07, 6.45) is 7.25. The molecule has 0 bridgehead atoms. The van der Waals surface area contributed by atoms with E-state index >= 15 is 0 Å². The summed E-state index contributed by atoms with van der Waals surface area (Å²) in [5.74, 6) is -0.462. The molecule has 174 valence electrons. The molecule has 2 aromatic carbocycles. The van der Waals surface area contributed by atoms with Crippen molar-refractivity contribution in [3.05, 3.63) is 119 Å². The molecule has 2 N–H and O–H groups in total. The zero-order chi connectivity index (χ0) is 24.2. The zero-order valence-corrected chi connectivity index (χ0v) is 19.2. The minimum Gasteiger partial charge on any atom is -0.348 e.